The van der Waals surface area contributed by atoms with Crippen LogP contribution in [0.15, 0.2) is 42.5 Å². The molecule has 198 valence electrons. The van der Waals surface area contributed by atoms with E-state index in [4.69, 9.17) is 38.3 Å². The van der Waals surface area contributed by atoms with Crippen LogP contribution in [0, 0.1) is 11.3 Å². The van der Waals surface area contributed by atoms with Crippen LogP contribution in [0.2, 0.25) is 10.0 Å². The largest absolute Gasteiger partial charge is 0.461 e. The third kappa shape index (κ3) is 5.86. The number of rotatable bonds is 8. The van der Waals surface area contributed by atoms with E-state index in [1.165, 1.54) is 0 Å². The molecule has 1 unspecified atom stereocenters. The number of aromatic nitrogens is 2. The number of nitriles is 1. The molecule has 0 bridgehead atoms. The number of carbonyl (C=O) groups is 2. The summed E-state index contributed by atoms with van der Waals surface area (Å²) in [5.41, 5.74) is 3.96. The van der Waals surface area contributed by atoms with Gasteiger partial charge in [-0.05, 0) is 56.7 Å². The molecule has 0 aliphatic carbocycles. The molecule has 2 aromatic carbocycles. The third-order valence-electron chi connectivity index (χ3n) is 6.69. The number of benzene rings is 2. The summed E-state index contributed by atoms with van der Waals surface area (Å²) >= 11 is 12.2. The summed E-state index contributed by atoms with van der Waals surface area (Å²) in [7, 11) is 0. The maximum absolute atomic E-state index is 13.4. The Morgan fingerprint density at radius 3 is 2.61 bits per heavy atom. The minimum Gasteiger partial charge on any atom is -0.461 e. The lowest BCUT2D eigenvalue weighted by Gasteiger charge is -2.33. The first-order valence-corrected chi connectivity index (χ1v) is 13.2. The molecule has 0 saturated heterocycles. The van der Waals surface area contributed by atoms with Gasteiger partial charge in [0, 0.05) is 36.2 Å². The van der Waals surface area contributed by atoms with E-state index in [-0.39, 0.29) is 31.1 Å². The Morgan fingerprint density at radius 2 is 1.95 bits per heavy atom. The van der Waals surface area contributed by atoms with Gasteiger partial charge in [0.15, 0.2) is 5.69 Å². The van der Waals surface area contributed by atoms with Gasteiger partial charge < -0.3 is 15.0 Å². The Morgan fingerprint density at radius 1 is 1.21 bits per heavy atom. The second-order valence-electron chi connectivity index (χ2n) is 9.24. The number of nitrogens with one attached hydrogen (secondary N) is 1. The van der Waals surface area contributed by atoms with Crippen LogP contribution in [-0.2, 0) is 24.2 Å². The summed E-state index contributed by atoms with van der Waals surface area (Å²) in [5.74, 6) is -0.653. The van der Waals surface area contributed by atoms with E-state index in [1.54, 1.807) is 46.8 Å². The molecule has 8 nitrogen and oxygen atoms in total. The summed E-state index contributed by atoms with van der Waals surface area (Å²) in [6, 6.07) is 14.3. The van der Waals surface area contributed by atoms with Gasteiger partial charge in [-0.3, -0.25) is 9.48 Å². The number of esters is 1. The fraction of sp³-hybridized carbons (Fsp3) is 0.357. The van der Waals surface area contributed by atoms with Crippen molar-refractivity contribution >= 4 is 35.1 Å². The molecular formula is C28H29Cl2N5O3. The third-order valence-corrected chi connectivity index (χ3v) is 7.43. The lowest BCUT2D eigenvalue weighted by molar-refractivity contribution is 0.0502. The predicted molar refractivity (Wildman–Crippen MR) is 145 cm³/mol. The van der Waals surface area contributed by atoms with Crippen molar-refractivity contribution in [2.24, 2.45) is 0 Å². The fourth-order valence-corrected chi connectivity index (χ4v) is 4.90. The van der Waals surface area contributed by atoms with Crippen molar-refractivity contribution < 1.29 is 14.3 Å². The van der Waals surface area contributed by atoms with Gasteiger partial charge in [-0.15, -0.1) is 0 Å². The van der Waals surface area contributed by atoms with E-state index in [9.17, 15) is 9.59 Å². The van der Waals surface area contributed by atoms with Crippen LogP contribution >= 0.6 is 23.2 Å². The van der Waals surface area contributed by atoms with Crippen molar-refractivity contribution in [2.75, 3.05) is 13.2 Å². The number of hydrogen-bond acceptors (Lipinski definition) is 6. The lowest BCUT2D eigenvalue weighted by Crippen LogP contribution is -2.42. The lowest BCUT2D eigenvalue weighted by atomic mass is 9.98. The van der Waals surface area contributed by atoms with Crippen LogP contribution in [0.5, 0.6) is 0 Å². The van der Waals surface area contributed by atoms with Crippen molar-refractivity contribution in [1.82, 2.24) is 20.0 Å². The normalized spacial score (nSPS) is 15.5. The highest BCUT2D eigenvalue weighted by Gasteiger charge is 2.34. The zero-order valence-corrected chi connectivity index (χ0v) is 23.0. The summed E-state index contributed by atoms with van der Waals surface area (Å²) in [6.07, 6.45) is 0.511. The standard InChI is InChI=1S/C28H29Cl2N5O3/c1-4-38-28(37)26-22-16-34(27(36)21-9-10-23(29)24(30)14-21)17(2)13-25(22)33-35(26)12-11-32-18(3)20-7-5-19(15-31)6-8-20/h5-10,14,17-18,32H,4,11-13,16H2,1-3H3/t17-,18?/m1/s1. The molecule has 1 aliphatic heterocycles. The van der Waals surface area contributed by atoms with Crippen molar-refractivity contribution in [3.05, 3.63) is 86.2 Å². The van der Waals surface area contributed by atoms with Crippen LogP contribution in [0.25, 0.3) is 0 Å². The highest BCUT2D eigenvalue weighted by Crippen LogP contribution is 2.29. The van der Waals surface area contributed by atoms with E-state index in [2.05, 4.69) is 11.4 Å². The monoisotopic (exact) mass is 553 g/mol. The van der Waals surface area contributed by atoms with Gasteiger partial charge >= 0.3 is 5.97 Å². The number of halogens is 2. The topological polar surface area (TPSA) is 100 Å². The molecule has 0 spiro atoms. The minimum absolute atomic E-state index is 0.0401. The van der Waals surface area contributed by atoms with Gasteiger partial charge in [-0.25, -0.2) is 4.79 Å². The number of amides is 1. The van der Waals surface area contributed by atoms with Gasteiger partial charge in [0.25, 0.3) is 5.91 Å². The molecule has 1 N–H and O–H groups in total. The SMILES string of the molecule is CCOC(=O)c1c2c(nn1CCNC(C)c1ccc(C#N)cc1)C[C@@H](C)N(C(=O)c1ccc(Cl)c(Cl)c1)C2. The van der Waals surface area contributed by atoms with Crippen molar-refractivity contribution in [2.45, 2.75) is 52.4 Å². The predicted octanol–water partition coefficient (Wildman–Crippen LogP) is 5.18. The summed E-state index contributed by atoms with van der Waals surface area (Å²) in [4.78, 5) is 28.1. The van der Waals surface area contributed by atoms with Gasteiger partial charge in [-0.2, -0.15) is 10.4 Å². The number of nitrogens with zero attached hydrogens (tertiary/aromatic N) is 4. The summed E-state index contributed by atoms with van der Waals surface area (Å²) in [5, 5.41) is 17.9. The zero-order chi connectivity index (χ0) is 27.4. The minimum atomic E-state index is -0.460. The molecule has 0 fully saturated rings. The Bertz CT molecular complexity index is 1380. The molecule has 38 heavy (non-hydrogen) atoms. The highest BCUT2D eigenvalue weighted by atomic mass is 35.5. The van der Waals surface area contributed by atoms with Gasteiger partial charge in [0.05, 0.1) is 47.1 Å². The van der Waals surface area contributed by atoms with Crippen LogP contribution in [-0.4, -0.2) is 45.8 Å². The molecule has 0 radical (unpaired) electrons. The first kappa shape index (κ1) is 27.6. The molecule has 0 saturated carbocycles. The quantitative estimate of drug-likeness (QED) is 0.386. The first-order valence-electron chi connectivity index (χ1n) is 12.5. The van der Waals surface area contributed by atoms with E-state index in [1.807, 2.05) is 26.0 Å². The van der Waals surface area contributed by atoms with E-state index in [0.717, 1.165) is 11.3 Å². The maximum atomic E-state index is 13.4. The van der Waals surface area contributed by atoms with Gasteiger partial charge in [0.1, 0.15) is 0 Å². The molecule has 3 aromatic rings. The molecule has 10 heteroatoms. The Labute approximate surface area is 232 Å². The smallest absolute Gasteiger partial charge is 0.356 e. The molecule has 2 atom stereocenters. The van der Waals surface area contributed by atoms with Crippen molar-refractivity contribution in [3.8, 4) is 6.07 Å². The van der Waals surface area contributed by atoms with Crippen LogP contribution in [0.1, 0.15) is 70.0 Å². The van der Waals surface area contributed by atoms with Gasteiger partial charge in [0.2, 0.25) is 0 Å². The summed E-state index contributed by atoms with van der Waals surface area (Å²) < 4.78 is 7.05. The maximum Gasteiger partial charge on any atom is 0.356 e. The van der Waals surface area contributed by atoms with Crippen molar-refractivity contribution in [1.29, 1.82) is 5.26 Å². The van der Waals surface area contributed by atoms with Crippen LogP contribution < -0.4 is 5.32 Å². The van der Waals surface area contributed by atoms with E-state index >= 15 is 0 Å². The number of fused-ring (bicyclic) bond motifs is 1. The Kier molecular flexibility index (Phi) is 8.72. The first-order chi connectivity index (χ1) is 18.2. The number of hydrogen-bond donors (Lipinski definition) is 1. The van der Waals surface area contributed by atoms with Gasteiger partial charge in [-0.1, -0.05) is 35.3 Å². The zero-order valence-electron chi connectivity index (χ0n) is 21.5. The fourth-order valence-electron chi connectivity index (χ4n) is 4.60. The summed E-state index contributed by atoms with van der Waals surface area (Å²) in [6.45, 7) is 7.21. The molecule has 4 rings (SSSR count). The highest BCUT2D eigenvalue weighted by molar-refractivity contribution is 6.42. The molecule has 1 aromatic heterocycles. The Balaban J connectivity index is 1.54. The van der Waals surface area contributed by atoms with Crippen LogP contribution in [0.3, 0.4) is 0 Å². The molecule has 1 amide bonds. The second kappa shape index (κ2) is 12.0. The average molecular weight is 554 g/mol. The van der Waals surface area contributed by atoms with E-state index in [0.29, 0.717) is 51.9 Å². The second-order valence-corrected chi connectivity index (χ2v) is 10.1. The molecular weight excluding hydrogens is 525 g/mol. The number of carbonyl (C=O) groups excluding carboxylic acids is 2. The average Bonchev–Trinajstić information content (AvgIpc) is 3.26. The molecule has 1 aliphatic rings. The van der Waals surface area contributed by atoms with E-state index < -0.39 is 5.97 Å². The van der Waals surface area contributed by atoms with Crippen LogP contribution in [0.4, 0.5) is 0 Å². The Hall–Kier alpha value is -3.38. The number of ether oxygens (including phenoxy) is 1. The van der Waals surface area contributed by atoms with Crippen molar-refractivity contribution in [3.63, 3.8) is 0 Å². The molecule has 2 heterocycles.